The molecular weight excluding hydrogens is 190 g/mol. The van der Waals surface area contributed by atoms with Crippen LogP contribution >= 0.6 is 0 Å². The van der Waals surface area contributed by atoms with Crippen molar-refractivity contribution in [2.45, 2.75) is 32.7 Å². The van der Waals surface area contributed by atoms with Crippen LogP contribution in [0.5, 0.6) is 0 Å². The summed E-state index contributed by atoms with van der Waals surface area (Å²) in [6, 6.07) is 3.48. The fraction of sp³-hybridized carbons (Fsp3) is 0.583. The van der Waals surface area contributed by atoms with Crippen molar-refractivity contribution in [3.8, 4) is 0 Å². The van der Waals surface area contributed by atoms with Crippen LogP contribution in [-0.2, 0) is 6.54 Å². The van der Waals surface area contributed by atoms with Crippen molar-refractivity contribution in [2.24, 2.45) is 11.8 Å². The molecule has 0 aliphatic heterocycles. The second-order valence-electron chi connectivity index (χ2n) is 4.52. The highest BCUT2D eigenvalue weighted by molar-refractivity contribution is 5.85. The molecule has 1 aromatic heterocycles. The number of aromatic carboxylic acids is 1. The number of aromatic nitrogens is 1. The Hall–Kier alpha value is -1.25. The van der Waals surface area contributed by atoms with Gasteiger partial charge < -0.3 is 9.67 Å². The van der Waals surface area contributed by atoms with Crippen molar-refractivity contribution in [3.05, 3.63) is 24.0 Å². The summed E-state index contributed by atoms with van der Waals surface area (Å²) in [5.74, 6) is 0.551. The molecule has 0 aromatic carbocycles. The zero-order chi connectivity index (χ0) is 10.8. The minimum absolute atomic E-state index is 0.411. The van der Waals surface area contributed by atoms with Crippen molar-refractivity contribution in [1.29, 1.82) is 0 Å². The molecule has 1 saturated carbocycles. The van der Waals surface area contributed by atoms with Gasteiger partial charge in [-0.3, -0.25) is 0 Å². The summed E-state index contributed by atoms with van der Waals surface area (Å²) >= 11 is 0. The molecule has 1 heterocycles. The smallest absolute Gasteiger partial charge is 0.352 e. The molecule has 1 aliphatic rings. The Morgan fingerprint density at radius 3 is 3.00 bits per heavy atom. The van der Waals surface area contributed by atoms with Crippen LogP contribution in [0.3, 0.4) is 0 Å². The van der Waals surface area contributed by atoms with Crippen LogP contribution in [0.2, 0.25) is 0 Å². The van der Waals surface area contributed by atoms with E-state index >= 15 is 0 Å². The molecule has 0 amide bonds. The molecule has 2 atom stereocenters. The standard InChI is InChI=1S/C12H17NO2/c1-9-4-2-5-10(9)8-13-7-3-6-11(13)12(14)15/h3,6-7,9-10H,2,4-5,8H2,1H3,(H,14,15). The van der Waals surface area contributed by atoms with E-state index < -0.39 is 5.97 Å². The number of rotatable bonds is 3. The zero-order valence-corrected chi connectivity index (χ0v) is 9.02. The highest BCUT2D eigenvalue weighted by atomic mass is 16.4. The Balaban J connectivity index is 2.10. The molecule has 1 fully saturated rings. The lowest BCUT2D eigenvalue weighted by Gasteiger charge is -2.17. The largest absolute Gasteiger partial charge is 0.477 e. The van der Waals surface area contributed by atoms with E-state index in [1.807, 2.05) is 16.8 Å². The van der Waals surface area contributed by atoms with Crippen LogP contribution in [-0.4, -0.2) is 15.6 Å². The van der Waals surface area contributed by atoms with Crippen molar-refractivity contribution in [2.75, 3.05) is 0 Å². The van der Waals surface area contributed by atoms with Gasteiger partial charge in [0.25, 0.3) is 0 Å². The Bertz CT molecular complexity index is 356. The molecule has 3 heteroatoms. The van der Waals surface area contributed by atoms with Crippen molar-refractivity contribution < 1.29 is 9.90 Å². The summed E-state index contributed by atoms with van der Waals surface area (Å²) in [6.45, 7) is 3.12. The van der Waals surface area contributed by atoms with Gasteiger partial charge in [-0.05, 0) is 30.4 Å². The minimum Gasteiger partial charge on any atom is -0.477 e. The lowest BCUT2D eigenvalue weighted by atomic mass is 9.98. The maximum absolute atomic E-state index is 10.9. The highest BCUT2D eigenvalue weighted by Crippen LogP contribution is 2.32. The van der Waals surface area contributed by atoms with Crippen LogP contribution in [0.4, 0.5) is 0 Å². The maximum atomic E-state index is 10.9. The fourth-order valence-electron chi connectivity index (χ4n) is 2.51. The molecule has 1 N–H and O–H groups in total. The Labute approximate surface area is 89.7 Å². The van der Waals surface area contributed by atoms with Crippen molar-refractivity contribution in [3.63, 3.8) is 0 Å². The van der Waals surface area contributed by atoms with Gasteiger partial charge in [0.1, 0.15) is 5.69 Å². The average Bonchev–Trinajstić information content (AvgIpc) is 2.77. The van der Waals surface area contributed by atoms with Gasteiger partial charge in [-0.15, -0.1) is 0 Å². The van der Waals surface area contributed by atoms with E-state index in [-0.39, 0.29) is 0 Å². The first kappa shape index (κ1) is 10.3. The summed E-state index contributed by atoms with van der Waals surface area (Å²) < 4.78 is 1.87. The van der Waals surface area contributed by atoms with Gasteiger partial charge in [0.15, 0.2) is 0 Å². The number of carboxylic acid groups (broad SMARTS) is 1. The van der Waals surface area contributed by atoms with Crippen LogP contribution < -0.4 is 0 Å². The molecule has 0 saturated heterocycles. The molecule has 2 rings (SSSR count). The van der Waals surface area contributed by atoms with Crippen LogP contribution in [0, 0.1) is 11.8 Å². The molecule has 15 heavy (non-hydrogen) atoms. The summed E-state index contributed by atoms with van der Waals surface area (Å²) in [4.78, 5) is 10.9. The monoisotopic (exact) mass is 207 g/mol. The molecule has 0 spiro atoms. The van der Waals surface area contributed by atoms with Crippen LogP contribution in [0.1, 0.15) is 36.7 Å². The minimum atomic E-state index is -0.828. The average molecular weight is 207 g/mol. The summed E-state index contributed by atoms with van der Waals surface area (Å²) in [6.07, 6.45) is 5.68. The summed E-state index contributed by atoms with van der Waals surface area (Å²) in [5.41, 5.74) is 0.411. The van der Waals surface area contributed by atoms with E-state index in [1.54, 1.807) is 6.07 Å². The van der Waals surface area contributed by atoms with Crippen LogP contribution in [0.25, 0.3) is 0 Å². The zero-order valence-electron chi connectivity index (χ0n) is 9.02. The number of hydrogen-bond donors (Lipinski definition) is 1. The van der Waals surface area contributed by atoms with Gasteiger partial charge in [-0.2, -0.15) is 0 Å². The first-order chi connectivity index (χ1) is 7.18. The maximum Gasteiger partial charge on any atom is 0.352 e. The molecule has 0 radical (unpaired) electrons. The topological polar surface area (TPSA) is 42.2 Å². The van der Waals surface area contributed by atoms with Crippen molar-refractivity contribution >= 4 is 5.97 Å². The SMILES string of the molecule is CC1CCCC1Cn1cccc1C(=O)O. The number of nitrogens with zero attached hydrogens (tertiary/aromatic N) is 1. The molecule has 1 aliphatic carbocycles. The quantitative estimate of drug-likeness (QED) is 0.827. The lowest BCUT2D eigenvalue weighted by Crippen LogP contribution is -2.16. The van der Waals surface area contributed by atoms with Gasteiger partial charge in [0.2, 0.25) is 0 Å². The van der Waals surface area contributed by atoms with E-state index in [0.29, 0.717) is 11.6 Å². The van der Waals surface area contributed by atoms with Gasteiger partial charge in [0, 0.05) is 12.7 Å². The van der Waals surface area contributed by atoms with Gasteiger partial charge in [-0.1, -0.05) is 19.8 Å². The van der Waals surface area contributed by atoms with Crippen molar-refractivity contribution in [1.82, 2.24) is 4.57 Å². The summed E-state index contributed by atoms with van der Waals surface area (Å²) in [5, 5.41) is 8.97. The first-order valence-corrected chi connectivity index (χ1v) is 5.57. The first-order valence-electron chi connectivity index (χ1n) is 5.57. The molecule has 3 nitrogen and oxygen atoms in total. The molecule has 82 valence electrons. The third-order valence-corrected chi connectivity index (χ3v) is 3.52. The summed E-state index contributed by atoms with van der Waals surface area (Å²) in [7, 11) is 0. The fourth-order valence-corrected chi connectivity index (χ4v) is 2.51. The van der Waals surface area contributed by atoms with Gasteiger partial charge in [0.05, 0.1) is 0 Å². The second kappa shape index (κ2) is 4.09. The predicted molar refractivity (Wildman–Crippen MR) is 57.9 cm³/mol. The molecule has 2 unspecified atom stereocenters. The number of carbonyl (C=O) groups is 1. The van der Waals surface area contributed by atoms with Gasteiger partial charge in [-0.25, -0.2) is 4.79 Å². The van der Waals surface area contributed by atoms with E-state index in [4.69, 9.17) is 5.11 Å². The van der Waals surface area contributed by atoms with E-state index in [2.05, 4.69) is 6.92 Å². The molecular formula is C12H17NO2. The lowest BCUT2D eigenvalue weighted by molar-refractivity contribution is 0.0683. The Morgan fingerprint density at radius 2 is 2.40 bits per heavy atom. The van der Waals surface area contributed by atoms with E-state index in [0.717, 1.165) is 12.5 Å². The van der Waals surface area contributed by atoms with E-state index in [9.17, 15) is 4.79 Å². The number of carboxylic acids is 1. The Kier molecular flexibility index (Phi) is 2.80. The molecule has 1 aromatic rings. The van der Waals surface area contributed by atoms with Gasteiger partial charge >= 0.3 is 5.97 Å². The Morgan fingerprint density at radius 1 is 1.60 bits per heavy atom. The van der Waals surface area contributed by atoms with Crippen LogP contribution in [0.15, 0.2) is 18.3 Å². The predicted octanol–water partition coefficient (Wildman–Crippen LogP) is 2.62. The molecule has 0 bridgehead atoms. The van der Waals surface area contributed by atoms with E-state index in [1.165, 1.54) is 19.3 Å². The highest BCUT2D eigenvalue weighted by Gasteiger charge is 2.24. The second-order valence-corrected chi connectivity index (χ2v) is 4.52. The number of hydrogen-bond acceptors (Lipinski definition) is 1. The third-order valence-electron chi connectivity index (χ3n) is 3.52. The third kappa shape index (κ3) is 2.06. The normalized spacial score (nSPS) is 25.7.